The fourth-order valence-corrected chi connectivity index (χ4v) is 2.53. The zero-order valence-electron chi connectivity index (χ0n) is 14.2. The summed E-state index contributed by atoms with van der Waals surface area (Å²) in [4.78, 5) is 28.0. The van der Waals surface area contributed by atoms with E-state index in [0.29, 0.717) is 10.6 Å². The molecule has 3 N–H and O–H groups in total. The Hall–Kier alpha value is -3.33. The van der Waals surface area contributed by atoms with E-state index in [0.717, 1.165) is 12.1 Å². The van der Waals surface area contributed by atoms with Gasteiger partial charge in [-0.1, -0.05) is 29.8 Å². The van der Waals surface area contributed by atoms with Crippen molar-refractivity contribution in [3.8, 4) is 0 Å². The second-order valence-electron chi connectivity index (χ2n) is 5.76. The maximum absolute atomic E-state index is 13.2. The molecule has 144 valence electrons. The van der Waals surface area contributed by atoms with Gasteiger partial charge in [0, 0.05) is 22.3 Å². The highest BCUT2D eigenvalue weighted by molar-refractivity contribution is 6.33. The zero-order valence-corrected chi connectivity index (χ0v) is 15.0. The molecule has 0 unspecified atom stereocenters. The number of nitrogens with zero attached hydrogens (tertiary/aromatic N) is 2. The van der Waals surface area contributed by atoms with Crippen molar-refractivity contribution in [3.63, 3.8) is 0 Å². The van der Waals surface area contributed by atoms with Gasteiger partial charge in [-0.05, 0) is 18.2 Å². The number of nitrogens with one attached hydrogen (secondary N) is 3. The van der Waals surface area contributed by atoms with Gasteiger partial charge in [-0.25, -0.2) is 19.2 Å². The number of hydrogen-bond acceptors (Lipinski definition) is 5. The molecule has 10 heteroatoms. The van der Waals surface area contributed by atoms with Crippen LogP contribution in [0.4, 0.5) is 14.5 Å². The molecule has 0 fully saturated rings. The molecule has 2 amide bonds. The molecular formula is C18H14ClF2N5O2. The van der Waals surface area contributed by atoms with Gasteiger partial charge < -0.3 is 5.32 Å². The first kappa shape index (κ1) is 19.4. The third-order valence-corrected chi connectivity index (χ3v) is 4.03. The van der Waals surface area contributed by atoms with Crippen LogP contribution in [0.2, 0.25) is 5.02 Å². The summed E-state index contributed by atoms with van der Waals surface area (Å²) in [7, 11) is 0. The second-order valence-corrected chi connectivity index (χ2v) is 6.16. The van der Waals surface area contributed by atoms with Crippen molar-refractivity contribution in [2.24, 2.45) is 10.1 Å². The summed E-state index contributed by atoms with van der Waals surface area (Å²) in [5.74, 6) is -3.09. The summed E-state index contributed by atoms with van der Waals surface area (Å²) in [5, 5.41) is 9.28. The van der Waals surface area contributed by atoms with Crippen LogP contribution < -0.4 is 16.1 Å². The minimum absolute atomic E-state index is 0.0778. The lowest BCUT2D eigenvalue weighted by molar-refractivity contribution is -0.123. The lowest BCUT2D eigenvalue weighted by Crippen LogP contribution is -2.35. The molecular weight excluding hydrogens is 392 g/mol. The first-order valence-corrected chi connectivity index (χ1v) is 8.47. The molecule has 2 aromatic rings. The maximum atomic E-state index is 13.2. The first-order valence-electron chi connectivity index (χ1n) is 8.09. The number of hydrazone groups is 1. The number of carbonyl (C=O) groups is 2. The molecule has 1 heterocycles. The normalized spacial score (nSPS) is 16.0. The SMILES string of the molecule is O=C(C[C@H]1N=C(N/N=C\c2ccccc2Cl)NC1=O)Nc1ccc(F)c(F)c1. The summed E-state index contributed by atoms with van der Waals surface area (Å²) in [6.07, 6.45) is 1.18. The average Bonchev–Trinajstić information content (AvgIpc) is 2.99. The number of rotatable bonds is 5. The lowest BCUT2D eigenvalue weighted by Gasteiger charge is -2.07. The maximum Gasteiger partial charge on any atom is 0.252 e. The van der Waals surface area contributed by atoms with E-state index >= 15 is 0 Å². The molecule has 0 aliphatic carbocycles. The van der Waals surface area contributed by atoms with Crippen LogP contribution in [0.1, 0.15) is 12.0 Å². The van der Waals surface area contributed by atoms with E-state index in [4.69, 9.17) is 11.6 Å². The van der Waals surface area contributed by atoms with E-state index in [1.807, 2.05) is 0 Å². The molecule has 7 nitrogen and oxygen atoms in total. The number of halogens is 3. The highest BCUT2D eigenvalue weighted by atomic mass is 35.5. The number of guanidine groups is 1. The lowest BCUT2D eigenvalue weighted by atomic mass is 10.2. The fourth-order valence-electron chi connectivity index (χ4n) is 2.35. The van der Waals surface area contributed by atoms with Crippen LogP contribution in [-0.4, -0.2) is 30.0 Å². The third-order valence-electron chi connectivity index (χ3n) is 3.69. The Morgan fingerprint density at radius 2 is 2.04 bits per heavy atom. The average molecular weight is 406 g/mol. The quantitative estimate of drug-likeness (QED) is 0.526. The molecule has 0 bridgehead atoms. The van der Waals surface area contributed by atoms with Crippen LogP contribution in [0.5, 0.6) is 0 Å². The molecule has 28 heavy (non-hydrogen) atoms. The Balaban J connectivity index is 1.56. The van der Waals surface area contributed by atoms with Gasteiger partial charge in [0.1, 0.15) is 6.04 Å². The van der Waals surface area contributed by atoms with Crippen molar-refractivity contribution in [3.05, 3.63) is 64.7 Å². The predicted octanol–water partition coefficient (Wildman–Crippen LogP) is 2.42. The smallest absolute Gasteiger partial charge is 0.252 e. The van der Waals surface area contributed by atoms with Gasteiger partial charge in [0.15, 0.2) is 11.6 Å². The van der Waals surface area contributed by atoms with Crippen molar-refractivity contribution in [1.82, 2.24) is 10.7 Å². The highest BCUT2D eigenvalue weighted by Crippen LogP contribution is 2.15. The summed E-state index contributed by atoms with van der Waals surface area (Å²) in [5.41, 5.74) is 3.31. The predicted molar refractivity (Wildman–Crippen MR) is 101 cm³/mol. The van der Waals surface area contributed by atoms with Gasteiger partial charge in [-0.15, -0.1) is 0 Å². The molecule has 0 saturated carbocycles. The number of anilines is 1. The first-order chi connectivity index (χ1) is 13.4. The van der Waals surface area contributed by atoms with Gasteiger partial charge in [0.05, 0.1) is 12.6 Å². The molecule has 0 aromatic heterocycles. The number of hydrogen-bond donors (Lipinski definition) is 3. The second kappa shape index (κ2) is 8.57. The third kappa shape index (κ3) is 4.89. The van der Waals surface area contributed by atoms with Crippen molar-refractivity contribution < 1.29 is 18.4 Å². The molecule has 2 aromatic carbocycles. The van der Waals surface area contributed by atoms with Crippen LogP contribution in [-0.2, 0) is 9.59 Å². The van der Waals surface area contributed by atoms with Crippen LogP contribution in [0.25, 0.3) is 0 Å². The Kier molecular flexibility index (Phi) is 5.95. The summed E-state index contributed by atoms with van der Waals surface area (Å²) < 4.78 is 26.1. The molecule has 0 radical (unpaired) electrons. The van der Waals surface area contributed by atoms with Gasteiger partial charge in [-0.3, -0.25) is 14.9 Å². The molecule has 0 saturated heterocycles. The van der Waals surface area contributed by atoms with Gasteiger partial charge in [-0.2, -0.15) is 5.10 Å². The Morgan fingerprint density at radius 1 is 1.25 bits per heavy atom. The number of amides is 2. The van der Waals surface area contributed by atoms with Crippen molar-refractivity contribution in [2.45, 2.75) is 12.5 Å². The number of aliphatic imine (C=N–C) groups is 1. The minimum Gasteiger partial charge on any atom is -0.326 e. The Bertz CT molecular complexity index is 980. The van der Waals surface area contributed by atoms with E-state index in [1.54, 1.807) is 24.3 Å². The monoisotopic (exact) mass is 405 g/mol. The summed E-state index contributed by atoms with van der Waals surface area (Å²) in [6, 6.07) is 9.03. The number of carbonyl (C=O) groups excluding carboxylic acids is 2. The van der Waals surface area contributed by atoms with Crippen LogP contribution in [0.15, 0.2) is 52.6 Å². The van der Waals surface area contributed by atoms with Crippen molar-refractivity contribution >= 4 is 41.3 Å². The van der Waals surface area contributed by atoms with Gasteiger partial charge in [0.25, 0.3) is 5.91 Å². The summed E-state index contributed by atoms with van der Waals surface area (Å²) in [6.45, 7) is 0. The molecule has 0 spiro atoms. The standard InChI is InChI=1S/C18H14ClF2N5O2/c19-12-4-2-1-3-10(12)9-22-26-18-24-15(17(28)25-18)8-16(27)23-11-5-6-13(20)14(21)7-11/h1-7,9,15H,8H2,(H,23,27)(H2,24,25,26,28)/b22-9-/t15-/m1/s1. The largest absolute Gasteiger partial charge is 0.326 e. The molecule has 3 rings (SSSR count). The van der Waals surface area contributed by atoms with Gasteiger partial charge in [0.2, 0.25) is 11.9 Å². The van der Waals surface area contributed by atoms with E-state index in [2.05, 4.69) is 26.2 Å². The molecule has 1 aliphatic rings. The van der Waals surface area contributed by atoms with E-state index in [1.165, 1.54) is 12.3 Å². The number of benzene rings is 2. The van der Waals surface area contributed by atoms with Crippen LogP contribution >= 0.6 is 11.6 Å². The molecule has 1 aliphatic heterocycles. The van der Waals surface area contributed by atoms with E-state index in [9.17, 15) is 18.4 Å². The van der Waals surface area contributed by atoms with Crippen molar-refractivity contribution in [2.75, 3.05) is 5.32 Å². The summed E-state index contributed by atoms with van der Waals surface area (Å²) >= 11 is 6.00. The van der Waals surface area contributed by atoms with E-state index in [-0.39, 0.29) is 18.1 Å². The van der Waals surface area contributed by atoms with Crippen LogP contribution in [0, 0.1) is 11.6 Å². The Morgan fingerprint density at radius 3 is 2.79 bits per heavy atom. The highest BCUT2D eigenvalue weighted by Gasteiger charge is 2.28. The fraction of sp³-hybridized carbons (Fsp3) is 0.111. The minimum atomic E-state index is -1.09. The van der Waals surface area contributed by atoms with Crippen LogP contribution in [0.3, 0.4) is 0 Å². The van der Waals surface area contributed by atoms with Gasteiger partial charge >= 0.3 is 0 Å². The molecule has 1 atom stereocenters. The Labute approximate surface area is 163 Å². The topological polar surface area (TPSA) is 94.9 Å². The van der Waals surface area contributed by atoms with Crippen molar-refractivity contribution in [1.29, 1.82) is 0 Å². The van der Waals surface area contributed by atoms with E-state index < -0.39 is 29.5 Å². The zero-order chi connectivity index (χ0) is 20.1.